The molecular weight excluding hydrogens is 264 g/mol. The van der Waals surface area contributed by atoms with Gasteiger partial charge in [0.15, 0.2) is 0 Å². The maximum atomic E-state index is 3.70. The van der Waals surface area contributed by atoms with Crippen LogP contribution in [0.4, 0.5) is 0 Å². The smallest absolute Gasteiger partial charge is 0.0386 e. The van der Waals surface area contributed by atoms with Gasteiger partial charge in [-0.05, 0) is 56.5 Å². The fourth-order valence-corrected chi connectivity index (χ4v) is 4.83. The van der Waals surface area contributed by atoms with E-state index in [-0.39, 0.29) is 0 Å². The molecule has 2 heterocycles. The van der Waals surface area contributed by atoms with E-state index in [1.54, 1.807) is 0 Å². The Kier molecular flexibility index (Phi) is 5.14. The summed E-state index contributed by atoms with van der Waals surface area (Å²) >= 11 is 1.86. The molecule has 2 aliphatic rings. The molecule has 0 spiro atoms. The standard InChI is InChI=1S/C17H28N2S/c1-14(17-9-5-13-20-17)18-10-12-19-11-4-7-15-6-2-3-8-16(15)19/h5,9,13-16,18H,2-4,6-8,10-12H2,1H3. The van der Waals surface area contributed by atoms with E-state index < -0.39 is 0 Å². The van der Waals surface area contributed by atoms with E-state index in [1.807, 2.05) is 11.3 Å². The second kappa shape index (κ2) is 7.06. The fraction of sp³-hybridized carbons (Fsp3) is 0.765. The van der Waals surface area contributed by atoms with Crippen molar-refractivity contribution in [1.29, 1.82) is 0 Å². The maximum absolute atomic E-state index is 3.70. The molecule has 0 bridgehead atoms. The number of hydrogen-bond donors (Lipinski definition) is 1. The van der Waals surface area contributed by atoms with Crippen LogP contribution in [0.5, 0.6) is 0 Å². The minimum absolute atomic E-state index is 0.502. The lowest BCUT2D eigenvalue weighted by atomic mass is 9.78. The minimum atomic E-state index is 0.502. The van der Waals surface area contributed by atoms with Gasteiger partial charge in [-0.3, -0.25) is 4.90 Å². The van der Waals surface area contributed by atoms with E-state index in [2.05, 4.69) is 34.7 Å². The summed E-state index contributed by atoms with van der Waals surface area (Å²) in [6.07, 6.45) is 8.77. The summed E-state index contributed by atoms with van der Waals surface area (Å²) < 4.78 is 0. The molecule has 1 saturated heterocycles. The molecule has 3 rings (SSSR count). The maximum Gasteiger partial charge on any atom is 0.0386 e. The Hall–Kier alpha value is -0.380. The van der Waals surface area contributed by atoms with Gasteiger partial charge in [-0.2, -0.15) is 0 Å². The van der Waals surface area contributed by atoms with Gasteiger partial charge in [-0.15, -0.1) is 11.3 Å². The van der Waals surface area contributed by atoms with Crippen LogP contribution >= 0.6 is 11.3 Å². The van der Waals surface area contributed by atoms with Gasteiger partial charge in [0.2, 0.25) is 0 Å². The van der Waals surface area contributed by atoms with E-state index in [0.29, 0.717) is 6.04 Å². The van der Waals surface area contributed by atoms with Crippen molar-refractivity contribution < 1.29 is 0 Å². The van der Waals surface area contributed by atoms with Crippen molar-refractivity contribution in [2.24, 2.45) is 5.92 Å². The monoisotopic (exact) mass is 292 g/mol. The van der Waals surface area contributed by atoms with Gasteiger partial charge >= 0.3 is 0 Å². The quantitative estimate of drug-likeness (QED) is 0.880. The molecule has 112 valence electrons. The molecule has 1 aliphatic heterocycles. The Bertz CT molecular complexity index is 388. The highest BCUT2D eigenvalue weighted by Crippen LogP contribution is 2.34. The number of rotatable bonds is 5. The van der Waals surface area contributed by atoms with Crippen molar-refractivity contribution in [3.05, 3.63) is 22.4 Å². The zero-order chi connectivity index (χ0) is 13.8. The first-order valence-corrected chi connectivity index (χ1v) is 9.23. The number of hydrogen-bond acceptors (Lipinski definition) is 3. The highest BCUT2D eigenvalue weighted by molar-refractivity contribution is 7.10. The first kappa shape index (κ1) is 14.6. The molecule has 0 amide bonds. The molecule has 20 heavy (non-hydrogen) atoms. The van der Waals surface area contributed by atoms with Gasteiger partial charge in [-0.1, -0.05) is 18.9 Å². The second-order valence-electron chi connectivity index (χ2n) is 6.48. The van der Waals surface area contributed by atoms with Crippen LogP contribution in [-0.2, 0) is 0 Å². The Labute approximate surface area is 127 Å². The van der Waals surface area contributed by atoms with E-state index in [4.69, 9.17) is 0 Å². The van der Waals surface area contributed by atoms with Crippen LogP contribution in [0.25, 0.3) is 0 Å². The van der Waals surface area contributed by atoms with Crippen molar-refractivity contribution in [2.75, 3.05) is 19.6 Å². The molecule has 2 nitrogen and oxygen atoms in total. The van der Waals surface area contributed by atoms with Crippen LogP contribution in [-0.4, -0.2) is 30.6 Å². The van der Waals surface area contributed by atoms with E-state index in [9.17, 15) is 0 Å². The third-order valence-corrected chi connectivity index (χ3v) is 6.23. The lowest BCUT2D eigenvalue weighted by Crippen LogP contribution is -2.48. The molecule has 1 aromatic heterocycles. The number of fused-ring (bicyclic) bond motifs is 1. The predicted octanol–water partition coefficient (Wildman–Crippen LogP) is 4.05. The van der Waals surface area contributed by atoms with Crippen molar-refractivity contribution >= 4 is 11.3 Å². The summed E-state index contributed by atoms with van der Waals surface area (Å²) in [5.41, 5.74) is 0. The van der Waals surface area contributed by atoms with Crippen LogP contribution in [0.3, 0.4) is 0 Å². The zero-order valence-corrected chi connectivity index (χ0v) is 13.5. The van der Waals surface area contributed by atoms with E-state index >= 15 is 0 Å². The number of likely N-dealkylation sites (tertiary alicyclic amines) is 1. The highest BCUT2D eigenvalue weighted by Gasteiger charge is 2.32. The third-order valence-electron chi connectivity index (χ3n) is 5.18. The van der Waals surface area contributed by atoms with Crippen molar-refractivity contribution in [3.8, 4) is 0 Å². The molecular formula is C17H28N2S. The third kappa shape index (κ3) is 3.44. The Morgan fingerprint density at radius 2 is 2.15 bits per heavy atom. The second-order valence-corrected chi connectivity index (χ2v) is 7.46. The molecule has 1 aromatic rings. The van der Waals surface area contributed by atoms with Gasteiger partial charge in [0.25, 0.3) is 0 Å². The van der Waals surface area contributed by atoms with Crippen LogP contribution in [0.15, 0.2) is 17.5 Å². The molecule has 3 unspecified atom stereocenters. The highest BCUT2D eigenvalue weighted by atomic mass is 32.1. The molecule has 3 heteroatoms. The average Bonchev–Trinajstić information content (AvgIpc) is 3.02. The largest absolute Gasteiger partial charge is 0.308 e. The fourth-order valence-electron chi connectivity index (χ4n) is 4.07. The lowest BCUT2D eigenvalue weighted by Gasteiger charge is -2.44. The molecule has 2 fully saturated rings. The first-order chi connectivity index (χ1) is 9.84. The Morgan fingerprint density at radius 3 is 3.00 bits per heavy atom. The molecule has 0 aromatic carbocycles. The number of piperidine rings is 1. The summed E-state index contributed by atoms with van der Waals surface area (Å²) in [6, 6.07) is 5.79. The van der Waals surface area contributed by atoms with E-state index in [0.717, 1.165) is 18.5 Å². The van der Waals surface area contributed by atoms with Crippen molar-refractivity contribution in [1.82, 2.24) is 10.2 Å². The predicted molar refractivity (Wildman–Crippen MR) is 87.3 cm³/mol. The average molecular weight is 292 g/mol. The van der Waals surface area contributed by atoms with Crippen LogP contribution in [0.2, 0.25) is 0 Å². The molecule has 0 radical (unpaired) electrons. The summed E-state index contributed by atoms with van der Waals surface area (Å²) in [4.78, 5) is 4.24. The molecule has 3 atom stereocenters. The summed E-state index contributed by atoms with van der Waals surface area (Å²) in [6.45, 7) is 5.97. The molecule has 1 N–H and O–H groups in total. The number of nitrogens with one attached hydrogen (secondary N) is 1. The summed E-state index contributed by atoms with van der Waals surface area (Å²) in [5.74, 6) is 1.01. The van der Waals surface area contributed by atoms with Crippen molar-refractivity contribution in [3.63, 3.8) is 0 Å². The van der Waals surface area contributed by atoms with Gasteiger partial charge in [0, 0.05) is 30.1 Å². The van der Waals surface area contributed by atoms with Crippen LogP contribution in [0, 0.1) is 5.92 Å². The number of nitrogens with zero attached hydrogens (tertiary/aromatic N) is 1. The Morgan fingerprint density at radius 1 is 1.30 bits per heavy atom. The zero-order valence-electron chi connectivity index (χ0n) is 12.7. The van der Waals surface area contributed by atoms with Crippen molar-refractivity contribution in [2.45, 2.75) is 57.5 Å². The van der Waals surface area contributed by atoms with Gasteiger partial charge in [-0.25, -0.2) is 0 Å². The number of thiophene rings is 1. The van der Waals surface area contributed by atoms with Crippen LogP contribution < -0.4 is 5.32 Å². The Balaban J connectivity index is 1.45. The first-order valence-electron chi connectivity index (χ1n) is 8.35. The molecule has 1 saturated carbocycles. The lowest BCUT2D eigenvalue weighted by molar-refractivity contribution is 0.0614. The summed E-state index contributed by atoms with van der Waals surface area (Å²) in [7, 11) is 0. The van der Waals surface area contributed by atoms with Gasteiger partial charge in [0.1, 0.15) is 0 Å². The minimum Gasteiger partial charge on any atom is -0.308 e. The molecule has 1 aliphatic carbocycles. The summed E-state index contributed by atoms with van der Waals surface area (Å²) in [5, 5.41) is 5.87. The SMILES string of the molecule is CC(NCCN1CCCC2CCCCC21)c1cccs1. The van der Waals surface area contributed by atoms with Gasteiger partial charge < -0.3 is 5.32 Å². The van der Waals surface area contributed by atoms with Crippen LogP contribution in [0.1, 0.15) is 56.4 Å². The topological polar surface area (TPSA) is 15.3 Å². The van der Waals surface area contributed by atoms with Gasteiger partial charge in [0.05, 0.1) is 0 Å². The normalized spacial score (nSPS) is 29.1. The van der Waals surface area contributed by atoms with E-state index in [1.165, 1.54) is 56.5 Å².